The van der Waals surface area contributed by atoms with Gasteiger partial charge in [-0.25, -0.2) is 0 Å². The molecule has 0 spiro atoms. The minimum Gasteiger partial charge on any atom is -0.495 e. The molecule has 0 bridgehead atoms. The normalized spacial score (nSPS) is 10.3. The highest BCUT2D eigenvalue weighted by Gasteiger charge is 2.11. The smallest absolute Gasteiger partial charge is 0.167 e. The van der Waals surface area contributed by atoms with Gasteiger partial charge < -0.3 is 4.74 Å². The molecule has 2 rings (SSSR count). The number of carbonyl (C=O) groups is 1. The summed E-state index contributed by atoms with van der Waals surface area (Å²) in [5, 5.41) is 0.457. The zero-order valence-electron chi connectivity index (χ0n) is 10.9. The Hall–Kier alpha value is -1.80. The van der Waals surface area contributed by atoms with E-state index < -0.39 is 0 Å². The number of Topliss-reactive ketones (excluding diaryl/α,β-unsaturated/α-hetero) is 1. The molecule has 0 aromatic heterocycles. The molecule has 0 aliphatic heterocycles. The Balaban J connectivity index is 2.21. The van der Waals surface area contributed by atoms with Crippen LogP contribution in [-0.4, -0.2) is 12.9 Å². The van der Waals surface area contributed by atoms with Crippen LogP contribution in [-0.2, 0) is 6.42 Å². The summed E-state index contributed by atoms with van der Waals surface area (Å²) in [5.41, 5.74) is 2.77. The maximum Gasteiger partial charge on any atom is 0.167 e. The first-order chi connectivity index (χ1) is 9.11. The van der Waals surface area contributed by atoms with Gasteiger partial charge in [-0.05, 0) is 36.2 Å². The average molecular weight is 275 g/mol. The molecule has 0 N–H and O–H groups in total. The molecule has 2 nitrogen and oxygen atoms in total. The number of halogens is 1. The largest absolute Gasteiger partial charge is 0.495 e. The number of ketones is 1. The lowest BCUT2D eigenvalue weighted by molar-refractivity contribution is 0.0992. The molecule has 0 saturated heterocycles. The third-order valence-corrected chi connectivity index (χ3v) is 3.38. The molecule has 98 valence electrons. The fourth-order valence-corrected chi connectivity index (χ4v) is 2.18. The lowest BCUT2D eigenvalue weighted by atomic mass is 9.99. The molecule has 0 aliphatic carbocycles. The van der Waals surface area contributed by atoms with Crippen molar-refractivity contribution in [2.45, 2.75) is 13.3 Å². The summed E-state index contributed by atoms with van der Waals surface area (Å²) in [6.45, 7) is 2.00. The summed E-state index contributed by atoms with van der Waals surface area (Å²) in [6.07, 6.45) is 0.384. The Morgan fingerprint density at radius 2 is 1.95 bits per heavy atom. The topological polar surface area (TPSA) is 26.3 Å². The van der Waals surface area contributed by atoms with Gasteiger partial charge in [-0.3, -0.25) is 4.79 Å². The molecular formula is C16H15ClO2. The fourth-order valence-electron chi connectivity index (χ4n) is 1.92. The summed E-state index contributed by atoms with van der Waals surface area (Å²) in [5.74, 6) is 0.632. The third-order valence-electron chi connectivity index (χ3n) is 3.09. The van der Waals surface area contributed by atoms with Gasteiger partial charge in [-0.1, -0.05) is 35.9 Å². The molecular weight excluding hydrogens is 260 g/mol. The van der Waals surface area contributed by atoms with Crippen molar-refractivity contribution in [3.63, 3.8) is 0 Å². The van der Waals surface area contributed by atoms with Gasteiger partial charge in [0.25, 0.3) is 0 Å². The van der Waals surface area contributed by atoms with E-state index in [1.165, 1.54) is 0 Å². The predicted octanol–water partition coefficient (Wildman–Crippen LogP) is 4.08. The van der Waals surface area contributed by atoms with E-state index in [4.69, 9.17) is 16.3 Å². The van der Waals surface area contributed by atoms with Gasteiger partial charge in [0.05, 0.1) is 12.1 Å². The summed E-state index contributed by atoms with van der Waals surface area (Å²) >= 11 is 6.03. The molecule has 19 heavy (non-hydrogen) atoms. The van der Waals surface area contributed by atoms with Crippen molar-refractivity contribution < 1.29 is 9.53 Å². The van der Waals surface area contributed by atoms with Gasteiger partial charge in [-0.15, -0.1) is 0 Å². The van der Waals surface area contributed by atoms with Crippen LogP contribution in [0.2, 0.25) is 5.02 Å². The number of methoxy groups -OCH3 is 1. The van der Waals surface area contributed by atoms with E-state index in [0.717, 1.165) is 11.1 Å². The molecule has 0 heterocycles. The monoisotopic (exact) mass is 274 g/mol. The molecule has 2 aromatic carbocycles. The first kappa shape index (κ1) is 13.6. The highest BCUT2D eigenvalue weighted by atomic mass is 35.5. The standard InChI is InChI=1S/C16H15ClO2/c1-11-5-3-4-6-12(11)10-15(18)13-7-8-16(19-2)14(17)9-13/h3-9H,10H2,1-2H3. The molecule has 0 atom stereocenters. The highest BCUT2D eigenvalue weighted by Crippen LogP contribution is 2.25. The molecule has 2 aromatic rings. The van der Waals surface area contributed by atoms with Gasteiger partial charge in [0, 0.05) is 12.0 Å². The zero-order valence-corrected chi connectivity index (χ0v) is 11.7. The molecule has 0 fully saturated rings. The van der Waals surface area contributed by atoms with E-state index in [0.29, 0.717) is 22.8 Å². The van der Waals surface area contributed by atoms with Crippen LogP contribution in [0.15, 0.2) is 42.5 Å². The van der Waals surface area contributed by atoms with Crippen molar-refractivity contribution >= 4 is 17.4 Å². The molecule has 0 radical (unpaired) electrons. The Morgan fingerprint density at radius 1 is 1.21 bits per heavy atom. The summed E-state index contributed by atoms with van der Waals surface area (Å²) in [7, 11) is 1.55. The number of hydrogen-bond donors (Lipinski definition) is 0. The van der Waals surface area contributed by atoms with Crippen LogP contribution >= 0.6 is 11.6 Å². The third kappa shape index (κ3) is 3.15. The summed E-state index contributed by atoms with van der Waals surface area (Å²) in [6, 6.07) is 13.0. The first-order valence-corrected chi connectivity index (χ1v) is 6.41. The quantitative estimate of drug-likeness (QED) is 0.785. The maximum absolute atomic E-state index is 12.2. The van der Waals surface area contributed by atoms with Gasteiger partial charge in [0.15, 0.2) is 5.78 Å². The Bertz CT molecular complexity index is 605. The number of carbonyl (C=O) groups excluding carboxylic acids is 1. The van der Waals surface area contributed by atoms with Crippen molar-refractivity contribution in [3.05, 3.63) is 64.2 Å². The van der Waals surface area contributed by atoms with Crippen molar-refractivity contribution in [2.24, 2.45) is 0 Å². The van der Waals surface area contributed by atoms with Gasteiger partial charge in [-0.2, -0.15) is 0 Å². The number of ether oxygens (including phenoxy) is 1. The zero-order chi connectivity index (χ0) is 13.8. The van der Waals surface area contributed by atoms with Crippen LogP contribution in [0.5, 0.6) is 5.75 Å². The van der Waals surface area contributed by atoms with Crippen LogP contribution < -0.4 is 4.74 Å². The highest BCUT2D eigenvalue weighted by molar-refractivity contribution is 6.32. The molecule has 3 heteroatoms. The van der Waals surface area contributed by atoms with Gasteiger partial charge in [0.1, 0.15) is 5.75 Å². The van der Waals surface area contributed by atoms with Crippen molar-refractivity contribution in [1.29, 1.82) is 0 Å². The second-order valence-corrected chi connectivity index (χ2v) is 4.78. The minimum absolute atomic E-state index is 0.0545. The number of hydrogen-bond acceptors (Lipinski definition) is 2. The Labute approximate surface area is 118 Å². The number of benzene rings is 2. The van der Waals surface area contributed by atoms with Gasteiger partial charge >= 0.3 is 0 Å². The molecule has 0 aliphatic rings. The fraction of sp³-hybridized carbons (Fsp3) is 0.188. The van der Waals surface area contributed by atoms with E-state index in [9.17, 15) is 4.79 Å². The Morgan fingerprint density at radius 3 is 2.58 bits per heavy atom. The van der Waals surface area contributed by atoms with E-state index >= 15 is 0 Å². The number of aryl methyl sites for hydroxylation is 1. The lowest BCUT2D eigenvalue weighted by Crippen LogP contribution is -2.05. The summed E-state index contributed by atoms with van der Waals surface area (Å²) in [4.78, 5) is 12.2. The summed E-state index contributed by atoms with van der Waals surface area (Å²) < 4.78 is 5.07. The van der Waals surface area contributed by atoms with Crippen molar-refractivity contribution in [2.75, 3.05) is 7.11 Å². The van der Waals surface area contributed by atoms with E-state index in [2.05, 4.69) is 0 Å². The van der Waals surface area contributed by atoms with Crippen molar-refractivity contribution in [1.82, 2.24) is 0 Å². The SMILES string of the molecule is COc1ccc(C(=O)Cc2ccccc2C)cc1Cl. The molecule has 0 unspecified atom stereocenters. The van der Waals surface area contributed by atoms with Gasteiger partial charge in [0.2, 0.25) is 0 Å². The van der Waals surface area contributed by atoms with E-state index in [-0.39, 0.29) is 5.78 Å². The van der Waals surface area contributed by atoms with Crippen LogP contribution in [0.3, 0.4) is 0 Å². The van der Waals surface area contributed by atoms with Crippen LogP contribution in [0, 0.1) is 6.92 Å². The maximum atomic E-state index is 12.2. The number of rotatable bonds is 4. The predicted molar refractivity (Wildman–Crippen MR) is 77.2 cm³/mol. The van der Waals surface area contributed by atoms with Crippen LogP contribution in [0.4, 0.5) is 0 Å². The average Bonchev–Trinajstić information content (AvgIpc) is 2.41. The van der Waals surface area contributed by atoms with E-state index in [1.807, 2.05) is 31.2 Å². The molecule has 0 saturated carbocycles. The van der Waals surface area contributed by atoms with Crippen LogP contribution in [0.1, 0.15) is 21.5 Å². The minimum atomic E-state index is 0.0545. The van der Waals surface area contributed by atoms with Crippen LogP contribution in [0.25, 0.3) is 0 Å². The second kappa shape index (κ2) is 5.89. The van der Waals surface area contributed by atoms with E-state index in [1.54, 1.807) is 25.3 Å². The van der Waals surface area contributed by atoms with Crippen molar-refractivity contribution in [3.8, 4) is 5.75 Å². The Kier molecular flexibility index (Phi) is 4.23. The second-order valence-electron chi connectivity index (χ2n) is 4.38. The molecule has 0 amide bonds. The first-order valence-electron chi connectivity index (χ1n) is 6.03. The lowest BCUT2D eigenvalue weighted by Gasteiger charge is -2.07.